The summed E-state index contributed by atoms with van der Waals surface area (Å²) < 4.78 is 27.6. The van der Waals surface area contributed by atoms with Gasteiger partial charge in [-0.3, -0.25) is 0 Å². The largest absolute Gasteiger partial charge is 0.448 e. The van der Waals surface area contributed by atoms with E-state index >= 15 is 0 Å². The molecule has 0 radical (unpaired) electrons. The SMILES string of the molecule is CN(C)CCOC(=O)NC1(C)CCS(=O)(=O)C1. The van der Waals surface area contributed by atoms with E-state index in [0.717, 1.165) is 0 Å². The quantitative estimate of drug-likeness (QED) is 0.764. The lowest BCUT2D eigenvalue weighted by atomic mass is 10.0. The highest BCUT2D eigenvalue weighted by atomic mass is 32.2. The van der Waals surface area contributed by atoms with Crippen LogP contribution in [0.15, 0.2) is 0 Å². The second-order valence-corrected chi connectivity index (χ2v) is 7.15. The molecule has 6 nitrogen and oxygen atoms in total. The van der Waals surface area contributed by atoms with Gasteiger partial charge in [0.25, 0.3) is 0 Å². The fourth-order valence-corrected chi connectivity index (χ4v) is 3.81. The third kappa shape index (κ3) is 4.91. The van der Waals surface area contributed by atoms with Gasteiger partial charge in [0.2, 0.25) is 0 Å². The Hall–Kier alpha value is -0.820. The van der Waals surface area contributed by atoms with Crippen molar-refractivity contribution in [2.75, 3.05) is 38.8 Å². The molecule has 0 spiro atoms. The van der Waals surface area contributed by atoms with Gasteiger partial charge in [-0.05, 0) is 27.4 Å². The lowest BCUT2D eigenvalue weighted by molar-refractivity contribution is 0.128. The van der Waals surface area contributed by atoms with Crippen LogP contribution >= 0.6 is 0 Å². The molecule has 0 bridgehead atoms. The van der Waals surface area contributed by atoms with Crippen molar-refractivity contribution in [3.63, 3.8) is 0 Å². The van der Waals surface area contributed by atoms with E-state index < -0.39 is 21.5 Å². The maximum absolute atomic E-state index is 11.5. The van der Waals surface area contributed by atoms with E-state index in [9.17, 15) is 13.2 Å². The van der Waals surface area contributed by atoms with Crippen LogP contribution in [0.2, 0.25) is 0 Å². The van der Waals surface area contributed by atoms with Gasteiger partial charge in [0.05, 0.1) is 17.0 Å². The molecule has 0 aromatic carbocycles. The molecule has 1 aliphatic heterocycles. The Kier molecular flexibility index (Phi) is 4.37. The van der Waals surface area contributed by atoms with E-state index in [2.05, 4.69) is 5.32 Å². The Bertz CT molecular complexity index is 380. The molecule has 0 aromatic heterocycles. The van der Waals surface area contributed by atoms with Crippen molar-refractivity contribution in [2.24, 2.45) is 0 Å². The summed E-state index contributed by atoms with van der Waals surface area (Å²) in [4.78, 5) is 13.3. The van der Waals surface area contributed by atoms with Crippen LogP contribution in [-0.4, -0.2) is 63.7 Å². The van der Waals surface area contributed by atoms with Crippen molar-refractivity contribution in [1.29, 1.82) is 0 Å². The van der Waals surface area contributed by atoms with Crippen molar-refractivity contribution in [2.45, 2.75) is 18.9 Å². The summed E-state index contributed by atoms with van der Waals surface area (Å²) >= 11 is 0. The average Bonchev–Trinajstić information content (AvgIpc) is 2.39. The first kappa shape index (κ1) is 14.2. The van der Waals surface area contributed by atoms with Gasteiger partial charge in [0.15, 0.2) is 9.84 Å². The van der Waals surface area contributed by atoms with Crippen LogP contribution in [0.25, 0.3) is 0 Å². The molecule has 1 N–H and O–H groups in total. The number of hydrogen-bond acceptors (Lipinski definition) is 5. The van der Waals surface area contributed by atoms with E-state index in [-0.39, 0.29) is 11.5 Å². The molecule has 7 heteroatoms. The molecule has 0 saturated carbocycles. The van der Waals surface area contributed by atoms with Gasteiger partial charge in [-0.25, -0.2) is 13.2 Å². The summed E-state index contributed by atoms with van der Waals surface area (Å²) in [6, 6.07) is 0. The normalized spacial score (nSPS) is 27.1. The summed E-state index contributed by atoms with van der Waals surface area (Å²) in [6.45, 7) is 2.66. The van der Waals surface area contributed by atoms with Crippen LogP contribution in [0.4, 0.5) is 4.79 Å². The van der Waals surface area contributed by atoms with Gasteiger partial charge in [0.1, 0.15) is 6.61 Å². The van der Waals surface area contributed by atoms with Gasteiger partial charge >= 0.3 is 6.09 Å². The molecule has 1 amide bonds. The number of amides is 1. The molecule has 17 heavy (non-hydrogen) atoms. The lowest BCUT2D eigenvalue weighted by Gasteiger charge is -2.23. The molecule has 1 atom stereocenters. The number of carbonyl (C=O) groups is 1. The summed E-state index contributed by atoms with van der Waals surface area (Å²) in [7, 11) is 0.750. The number of nitrogens with one attached hydrogen (secondary N) is 1. The van der Waals surface area contributed by atoms with Crippen LogP contribution in [0.5, 0.6) is 0 Å². The minimum Gasteiger partial charge on any atom is -0.448 e. The topological polar surface area (TPSA) is 75.7 Å². The lowest BCUT2D eigenvalue weighted by Crippen LogP contribution is -2.47. The highest BCUT2D eigenvalue weighted by Gasteiger charge is 2.39. The monoisotopic (exact) mass is 264 g/mol. The fourth-order valence-electron chi connectivity index (χ4n) is 1.71. The molecular weight excluding hydrogens is 244 g/mol. The second-order valence-electron chi connectivity index (χ2n) is 4.97. The second kappa shape index (κ2) is 5.22. The zero-order valence-electron chi connectivity index (χ0n) is 10.5. The first-order valence-electron chi connectivity index (χ1n) is 5.53. The van der Waals surface area contributed by atoms with Crippen molar-refractivity contribution < 1.29 is 17.9 Å². The number of alkyl carbamates (subject to hydrolysis) is 1. The Morgan fingerprint density at radius 2 is 2.12 bits per heavy atom. The maximum atomic E-state index is 11.5. The number of nitrogens with zero attached hydrogens (tertiary/aromatic N) is 1. The van der Waals surface area contributed by atoms with Crippen molar-refractivity contribution in [3.05, 3.63) is 0 Å². The van der Waals surface area contributed by atoms with Crippen molar-refractivity contribution in [1.82, 2.24) is 10.2 Å². The summed E-state index contributed by atoms with van der Waals surface area (Å²) in [6.07, 6.45) is -0.107. The van der Waals surface area contributed by atoms with E-state index in [0.29, 0.717) is 19.6 Å². The average molecular weight is 264 g/mol. The standard InChI is InChI=1S/C10H20N2O4S/c1-10(4-7-17(14,15)8-10)11-9(13)16-6-5-12(2)3/h4-8H2,1-3H3,(H,11,13). The fraction of sp³-hybridized carbons (Fsp3) is 0.900. The highest BCUT2D eigenvalue weighted by Crippen LogP contribution is 2.22. The molecule has 100 valence electrons. The van der Waals surface area contributed by atoms with Crippen LogP contribution in [-0.2, 0) is 14.6 Å². The first-order chi connectivity index (χ1) is 7.72. The molecular formula is C10H20N2O4S. The van der Waals surface area contributed by atoms with Crippen molar-refractivity contribution >= 4 is 15.9 Å². The third-order valence-electron chi connectivity index (χ3n) is 2.68. The van der Waals surface area contributed by atoms with Gasteiger partial charge in [-0.1, -0.05) is 0 Å². The molecule has 1 fully saturated rings. The van der Waals surface area contributed by atoms with E-state index in [1.165, 1.54) is 0 Å². The van der Waals surface area contributed by atoms with E-state index in [1.54, 1.807) is 6.92 Å². The number of likely N-dealkylation sites (N-methyl/N-ethyl adjacent to an activating group) is 1. The van der Waals surface area contributed by atoms with Crippen LogP contribution in [0.1, 0.15) is 13.3 Å². The zero-order valence-corrected chi connectivity index (χ0v) is 11.3. The molecule has 1 rings (SSSR count). The zero-order chi connectivity index (χ0) is 13.1. The summed E-state index contributed by atoms with van der Waals surface area (Å²) in [5, 5.41) is 2.63. The van der Waals surface area contributed by atoms with Crippen LogP contribution in [0, 0.1) is 0 Å². The van der Waals surface area contributed by atoms with Gasteiger partial charge < -0.3 is 15.0 Å². The van der Waals surface area contributed by atoms with E-state index in [4.69, 9.17) is 4.74 Å². The molecule has 0 aliphatic carbocycles. The van der Waals surface area contributed by atoms with Crippen LogP contribution in [0.3, 0.4) is 0 Å². The number of carbonyl (C=O) groups excluding carboxylic acids is 1. The minimum atomic E-state index is -3.01. The number of hydrogen-bond donors (Lipinski definition) is 1. The molecule has 0 aromatic rings. The Morgan fingerprint density at radius 3 is 2.59 bits per heavy atom. The summed E-state index contributed by atoms with van der Waals surface area (Å²) in [5.74, 6) is 0.115. The van der Waals surface area contributed by atoms with Gasteiger partial charge in [0, 0.05) is 6.54 Å². The predicted molar refractivity (Wildman–Crippen MR) is 64.7 cm³/mol. The first-order valence-corrected chi connectivity index (χ1v) is 7.35. The predicted octanol–water partition coefficient (Wildman–Crippen LogP) is -0.149. The van der Waals surface area contributed by atoms with Gasteiger partial charge in [-0.15, -0.1) is 0 Å². The number of rotatable bonds is 4. The molecule has 1 saturated heterocycles. The third-order valence-corrected chi connectivity index (χ3v) is 4.58. The number of ether oxygens (including phenoxy) is 1. The Morgan fingerprint density at radius 1 is 1.47 bits per heavy atom. The number of sulfone groups is 1. The Labute approximate surface area is 102 Å². The van der Waals surface area contributed by atoms with Crippen LogP contribution < -0.4 is 5.32 Å². The van der Waals surface area contributed by atoms with Gasteiger partial charge in [-0.2, -0.15) is 0 Å². The molecule has 1 heterocycles. The van der Waals surface area contributed by atoms with Crippen molar-refractivity contribution in [3.8, 4) is 0 Å². The summed E-state index contributed by atoms with van der Waals surface area (Å²) in [5.41, 5.74) is -0.686. The molecule has 1 unspecified atom stereocenters. The highest BCUT2D eigenvalue weighted by molar-refractivity contribution is 7.91. The molecule has 1 aliphatic rings. The van der Waals surface area contributed by atoms with E-state index in [1.807, 2.05) is 19.0 Å². The Balaban J connectivity index is 2.36. The smallest absolute Gasteiger partial charge is 0.407 e. The minimum absolute atomic E-state index is 0.0111. The maximum Gasteiger partial charge on any atom is 0.407 e.